The predicted molar refractivity (Wildman–Crippen MR) is 64.5 cm³/mol. The summed E-state index contributed by atoms with van der Waals surface area (Å²) < 4.78 is 1.14. The molecule has 0 atom stereocenters. The van der Waals surface area contributed by atoms with Crippen molar-refractivity contribution in [3.8, 4) is 0 Å². The number of hydrogen-bond donors (Lipinski definition) is 2. The number of hydrazone groups is 1. The van der Waals surface area contributed by atoms with Gasteiger partial charge in [-0.05, 0) is 6.07 Å². The second-order valence-corrected chi connectivity index (χ2v) is 3.25. The van der Waals surface area contributed by atoms with E-state index in [1.807, 2.05) is 0 Å². The van der Waals surface area contributed by atoms with Crippen LogP contribution in [0.25, 0.3) is 0 Å². The Kier molecular flexibility index (Phi) is 3.14. The second kappa shape index (κ2) is 4.91. The summed E-state index contributed by atoms with van der Waals surface area (Å²) in [7, 11) is 0. The van der Waals surface area contributed by atoms with Gasteiger partial charge in [0.15, 0.2) is 0 Å². The third-order valence-electron chi connectivity index (χ3n) is 2.07. The Bertz CT molecular complexity index is 592. The van der Waals surface area contributed by atoms with Crippen LogP contribution in [-0.4, -0.2) is 26.0 Å². The molecular formula is C9H9N7O2. The Balaban J connectivity index is 2.14. The lowest BCUT2D eigenvalue weighted by Crippen LogP contribution is -2.10. The molecule has 0 aliphatic carbocycles. The summed E-state index contributed by atoms with van der Waals surface area (Å²) in [6, 6.07) is 6.24. The van der Waals surface area contributed by atoms with E-state index in [1.165, 1.54) is 18.6 Å². The average molecular weight is 247 g/mol. The van der Waals surface area contributed by atoms with Gasteiger partial charge in [-0.15, -0.1) is 10.2 Å². The topological polar surface area (TPSA) is 124 Å². The Morgan fingerprint density at radius 2 is 2.28 bits per heavy atom. The molecule has 0 aliphatic rings. The number of aromatic nitrogens is 3. The van der Waals surface area contributed by atoms with Gasteiger partial charge in [-0.25, -0.2) is 10.1 Å². The zero-order valence-electron chi connectivity index (χ0n) is 9.09. The van der Waals surface area contributed by atoms with Crippen molar-refractivity contribution in [3.05, 3.63) is 46.3 Å². The highest BCUT2D eigenvalue weighted by Crippen LogP contribution is 2.15. The molecule has 92 valence electrons. The van der Waals surface area contributed by atoms with Gasteiger partial charge in [0.1, 0.15) is 6.33 Å². The molecule has 0 saturated heterocycles. The molecule has 0 fully saturated rings. The molecule has 2 rings (SSSR count). The van der Waals surface area contributed by atoms with Crippen LogP contribution in [0.2, 0.25) is 0 Å². The minimum Gasteiger partial charge on any atom is -0.335 e. The summed E-state index contributed by atoms with van der Waals surface area (Å²) in [6.45, 7) is 0. The van der Waals surface area contributed by atoms with Crippen LogP contribution in [-0.2, 0) is 0 Å². The first kappa shape index (κ1) is 11.5. The fourth-order valence-corrected chi connectivity index (χ4v) is 1.25. The number of benzene rings is 1. The third kappa shape index (κ3) is 2.40. The fraction of sp³-hybridized carbons (Fsp3) is 0. The number of para-hydroxylation sites is 1. The Hall–Kier alpha value is -2.97. The molecule has 1 aromatic heterocycles. The summed E-state index contributed by atoms with van der Waals surface area (Å²) in [6.07, 6.45) is 2.61. The van der Waals surface area contributed by atoms with Crippen molar-refractivity contribution < 1.29 is 4.92 Å². The van der Waals surface area contributed by atoms with E-state index < -0.39 is 4.92 Å². The van der Waals surface area contributed by atoms with Crippen molar-refractivity contribution in [1.82, 2.24) is 14.9 Å². The molecule has 1 aromatic carbocycles. The zero-order valence-corrected chi connectivity index (χ0v) is 9.09. The molecule has 0 aliphatic heterocycles. The highest BCUT2D eigenvalue weighted by Gasteiger charge is 2.09. The quantitative estimate of drug-likeness (QED) is 0.347. The van der Waals surface area contributed by atoms with E-state index in [2.05, 4.69) is 20.7 Å². The van der Waals surface area contributed by atoms with Gasteiger partial charge in [0.25, 0.3) is 11.6 Å². The van der Waals surface area contributed by atoms with Gasteiger partial charge in [0.05, 0.1) is 16.7 Å². The number of nitrogens with zero attached hydrogens (tertiary/aromatic N) is 5. The maximum absolute atomic E-state index is 10.7. The van der Waals surface area contributed by atoms with Crippen LogP contribution in [0.15, 0.2) is 35.7 Å². The SMILES string of the molecule is Nn1cnnc1N/N=C/c1ccccc1[N+](=O)[O-]. The number of nitrogens with two attached hydrogens (primary N) is 1. The van der Waals surface area contributed by atoms with Crippen molar-refractivity contribution in [2.75, 3.05) is 11.3 Å². The molecule has 0 unspecified atom stereocenters. The van der Waals surface area contributed by atoms with Crippen LogP contribution in [0.4, 0.5) is 11.6 Å². The average Bonchev–Trinajstić information content (AvgIpc) is 2.76. The standard InChI is InChI=1S/C9H9N7O2/c10-15-6-12-14-9(15)13-11-5-7-3-1-2-4-8(7)16(17)18/h1-6H,10H2,(H,13,14)/b11-5+. The molecule has 1 heterocycles. The normalized spacial score (nSPS) is 10.7. The number of nitrogens with one attached hydrogen (secondary N) is 1. The fourth-order valence-electron chi connectivity index (χ4n) is 1.25. The zero-order chi connectivity index (χ0) is 13.0. The molecule has 18 heavy (non-hydrogen) atoms. The van der Waals surface area contributed by atoms with Crippen molar-refractivity contribution in [2.45, 2.75) is 0 Å². The van der Waals surface area contributed by atoms with Gasteiger partial charge in [0.2, 0.25) is 0 Å². The van der Waals surface area contributed by atoms with E-state index in [9.17, 15) is 10.1 Å². The van der Waals surface area contributed by atoms with Crippen molar-refractivity contribution in [3.63, 3.8) is 0 Å². The number of nitrogen functional groups attached to an aromatic ring is 1. The highest BCUT2D eigenvalue weighted by molar-refractivity contribution is 5.85. The third-order valence-corrected chi connectivity index (χ3v) is 2.07. The lowest BCUT2D eigenvalue weighted by atomic mass is 10.2. The molecule has 0 amide bonds. The first-order chi connectivity index (χ1) is 8.68. The van der Waals surface area contributed by atoms with Crippen LogP contribution in [0.3, 0.4) is 0 Å². The maximum Gasteiger partial charge on any atom is 0.278 e. The minimum atomic E-state index is -0.479. The van der Waals surface area contributed by atoms with E-state index in [0.29, 0.717) is 5.56 Å². The predicted octanol–water partition coefficient (Wildman–Crippen LogP) is 0.346. The number of hydrogen-bond acceptors (Lipinski definition) is 7. The van der Waals surface area contributed by atoms with Crippen LogP contribution < -0.4 is 11.3 Å². The molecule has 9 heteroatoms. The molecule has 0 spiro atoms. The van der Waals surface area contributed by atoms with Crippen LogP contribution >= 0.6 is 0 Å². The maximum atomic E-state index is 10.7. The van der Waals surface area contributed by atoms with Gasteiger partial charge in [-0.1, -0.05) is 12.1 Å². The Morgan fingerprint density at radius 3 is 2.94 bits per heavy atom. The molecule has 0 radical (unpaired) electrons. The number of rotatable bonds is 4. The molecule has 9 nitrogen and oxygen atoms in total. The summed E-state index contributed by atoms with van der Waals surface area (Å²) in [5.41, 5.74) is 2.86. The first-order valence-corrected chi connectivity index (χ1v) is 4.86. The summed E-state index contributed by atoms with van der Waals surface area (Å²) in [4.78, 5) is 10.3. The van der Waals surface area contributed by atoms with Crippen molar-refractivity contribution >= 4 is 17.9 Å². The number of anilines is 1. The van der Waals surface area contributed by atoms with Crippen LogP contribution in [0.1, 0.15) is 5.56 Å². The highest BCUT2D eigenvalue weighted by atomic mass is 16.6. The summed E-state index contributed by atoms with van der Waals surface area (Å²) in [5.74, 6) is 5.67. The van der Waals surface area contributed by atoms with Gasteiger partial charge in [-0.2, -0.15) is 5.10 Å². The smallest absolute Gasteiger partial charge is 0.278 e. The minimum absolute atomic E-state index is 0.0303. The van der Waals surface area contributed by atoms with Crippen LogP contribution in [0, 0.1) is 10.1 Å². The summed E-state index contributed by atoms with van der Waals surface area (Å²) in [5, 5.41) is 21.7. The molecule has 2 aromatic rings. The lowest BCUT2D eigenvalue weighted by molar-refractivity contribution is -0.385. The van der Waals surface area contributed by atoms with Gasteiger partial charge >= 0.3 is 0 Å². The summed E-state index contributed by atoms with van der Waals surface area (Å²) >= 11 is 0. The van der Waals surface area contributed by atoms with Crippen LogP contribution in [0.5, 0.6) is 0 Å². The first-order valence-electron chi connectivity index (χ1n) is 4.86. The van der Waals surface area contributed by atoms with Gasteiger partial charge < -0.3 is 5.84 Å². The molecule has 0 bridgehead atoms. The number of nitro groups is 1. The Labute approximate surface area is 101 Å². The lowest BCUT2D eigenvalue weighted by Gasteiger charge is -1.98. The van der Waals surface area contributed by atoms with E-state index in [-0.39, 0.29) is 11.6 Å². The second-order valence-electron chi connectivity index (χ2n) is 3.25. The monoisotopic (exact) mass is 247 g/mol. The van der Waals surface area contributed by atoms with Crippen molar-refractivity contribution in [2.24, 2.45) is 5.10 Å². The molecule has 3 N–H and O–H groups in total. The van der Waals surface area contributed by atoms with Gasteiger partial charge in [0, 0.05) is 6.07 Å². The Morgan fingerprint density at radius 1 is 1.50 bits per heavy atom. The van der Waals surface area contributed by atoms with E-state index >= 15 is 0 Å². The van der Waals surface area contributed by atoms with E-state index in [4.69, 9.17) is 5.84 Å². The van der Waals surface area contributed by atoms with E-state index in [1.54, 1.807) is 18.2 Å². The van der Waals surface area contributed by atoms with Gasteiger partial charge in [-0.3, -0.25) is 10.1 Å². The molecule has 0 saturated carbocycles. The number of nitro benzene ring substituents is 1. The molecular weight excluding hydrogens is 238 g/mol. The van der Waals surface area contributed by atoms with Crippen molar-refractivity contribution in [1.29, 1.82) is 0 Å². The van der Waals surface area contributed by atoms with E-state index in [0.717, 1.165) is 4.68 Å². The largest absolute Gasteiger partial charge is 0.335 e.